The third-order valence-corrected chi connectivity index (χ3v) is 4.31. The monoisotopic (exact) mass is 353 g/mol. The molecule has 1 aromatic carbocycles. The quantitative estimate of drug-likeness (QED) is 0.826. The first-order chi connectivity index (χ1) is 10.2. The standard InChI is InChI=1S/C16H24BrN3O/c1-2-18-10-13-4-3-9-20(11-13)12-16(21)19-15-7-5-14(17)6-8-15/h5-8,13,18H,2-4,9-12H2,1H3,(H,19,21). The van der Waals surface area contributed by atoms with E-state index in [2.05, 4.69) is 38.4 Å². The van der Waals surface area contributed by atoms with E-state index in [0.717, 1.165) is 36.3 Å². The van der Waals surface area contributed by atoms with E-state index in [0.29, 0.717) is 12.5 Å². The van der Waals surface area contributed by atoms with Crippen molar-refractivity contribution in [1.82, 2.24) is 10.2 Å². The van der Waals surface area contributed by atoms with E-state index in [1.54, 1.807) is 0 Å². The topological polar surface area (TPSA) is 44.4 Å². The molecule has 0 bridgehead atoms. The van der Waals surface area contributed by atoms with Gasteiger partial charge in [0.25, 0.3) is 0 Å². The zero-order valence-electron chi connectivity index (χ0n) is 12.6. The molecule has 5 heteroatoms. The van der Waals surface area contributed by atoms with E-state index in [9.17, 15) is 4.79 Å². The Labute approximate surface area is 135 Å². The minimum absolute atomic E-state index is 0.0708. The number of anilines is 1. The van der Waals surface area contributed by atoms with Gasteiger partial charge in [0, 0.05) is 16.7 Å². The van der Waals surface area contributed by atoms with Crippen molar-refractivity contribution in [3.8, 4) is 0 Å². The van der Waals surface area contributed by atoms with Crippen molar-refractivity contribution in [2.45, 2.75) is 19.8 Å². The molecule has 1 amide bonds. The SMILES string of the molecule is CCNCC1CCCN(CC(=O)Nc2ccc(Br)cc2)C1. The highest BCUT2D eigenvalue weighted by atomic mass is 79.9. The van der Waals surface area contributed by atoms with Gasteiger partial charge < -0.3 is 10.6 Å². The molecule has 1 aliphatic rings. The molecule has 2 rings (SSSR count). The predicted octanol–water partition coefficient (Wildman–Crippen LogP) is 2.71. The van der Waals surface area contributed by atoms with E-state index in [-0.39, 0.29) is 5.91 Å². The Bertz CT molecular complexity index is 449. The smallest absolute Gasteiger partial charge is 0.238 e. The van der Waals surface area contributed by atoms with E-state index < -0.39 is 0 Å². The Balaban J connectivity index is 1.77. The van der Waals surface area contributed by atoms with Gasteiger partial charge in [0.15, 0.2) is 0 Å². The molecule has 116 valence electrons. The first-order valence-corrected chi connectivity index (χ1v) is 8.45. The molecule has 1 fully saturated rings. The zero-order valence-corrected chi connectivity index (χ0v) is 14.2. The lowest BCUT2D eigenvalue weighted by atomic mass is 9.98. The fourth-order valence-corrected chi connectivity index (χ4v) is 3.01. The van der Waals surface area contributed by atoms with Gasteiger partial charge in [-0.05, 0) is 62.7 Å². The van der Waals surface area contributed by atoms with Crippen LogP contribution in [0.2, 0.25) is 0 Å². The second-order valence-corrected chi connectivity index (χ2v) is 6.52. The second kappa shape index (κ2) is 8.51. The number of likely N-dealkylation sites (tertiary alicyclic amines) is 1. The number of carbonyl (C=O) groups is 1. The minimum Gasteiger partial charge on any atom is -0.325 e. The average molecular weight is 354 g/mol. The van der Waals surface area contributed by atoms with Gasteiger partial charge in [-0.15, -0.1) is 0 Å². The van der Waals surface area contributed by atoms with Crippen LogP contribution in [0.25, 0.3) is 0 Å². The van der Waals surface area contributed by atoms with E-state index in [4.69, 9.17) is 0 Å². The number of carbonyl (C=O) groups excluding carboxylic acids is 1. The van der Waals surface area contributed by atoms with Crippen LogP contribution in [0, 0.1) is 5.92 Å². The summed E-state index contributed by atoms with van der Waals surface area (Å²) in [6.07, 6.45) is 2.44. The molecular formula is C16H24BrN3O. The summed E-state index contributed by atoms with van der Waals surface area (Å²) in [7, 11) is 0. The number of piperidine rings is 1. The Hall–Kier alpha value is -0.910. The lowest BCUT2D eigenvalue weighted by Crippen LogP contribution is -2.43. The fraction of sp³-hybridized carbons (Fsp3) is 0.562. The summed E-state index contributed by atoms with van der Waals surface area (Å²) < 4.78 is 1.02. The molecule has 4 nitrogen and oxygen atoms in total. The van der Waals surface area contributed by atoms with Gasteiger partial charge in [-0.2, -0.15) is 0 Å². The number of hydrogen-bond donors (Lipinski definition) is 2. The lowest BCUT2D eigenvalue weighted by molar-refractivity contribution is -0.117. The number of hydrogen-bond acceptors (Lipinski definition) is 3. The third-order valence-electron chi connectivity index (χ3n) is 3.78. The molecule has 2 N–H and O–H groups in total. The molecule has 0 spiro atoms. The van der Waals surface area contributed by atoms with Crippen LogP contribution in [0.1, 0.15) is 19.8 Å². The first-order valence-electron chi connectivity index (χ1n) is 7.66. The number of nitrogens with one attached hydrogen (secondary N) is 2. The van der Waals surface area contributed by atoms with Crippen LogP contribution in [0.3, 0.4) is 0 Å². The van der Waals surface area contributed by atoms with Gasteiger partial charge in [0.2, 0.25) is 5.91 Å². The summed E-state index contributed by atoms with van der Waals surface area (Å²) in [5, 5.41) is 6.36. The first kappa shape index (κ1) is 16.5. The summed E-state index contributed by atoms with van der Waals surface area (Å²) in [6.45, 7) is 6.73. The highest BCUT2D eigenvalue weighted by Crippen LogP contribution is 2.17. The Morgan fingerprint density at radius 2 is 2.14 bits per heavy atom. The fourth-order valence-electron chi connectivity index (χ4n) is 2.75. The van der Waals surface area contributed by atoms with Crippen LogP contribution in [0.4, 0.5) is 5.69 Å². The summed E-state index contributed by atoms with van der Waals surface area (Å²) in [4.78, 5) is 14.4. The molecule has 1 atom stereocenters. The van der Waals surface area contributed by atoms with Gasteiger partial charge in [0.1, 0.15) is 0 Å². The van der Waals surface area contributed by atoms with Crippen LogP contribution < -0.4 is 10.6 Å². The third kappa shape index (κ3) is 5.77. The highest BCUT2D eigenvalue weighted by Gasteiger charge is 2.21. The summed E-state index contributed by atoms with van der Waals surface area (Å²) in [6, 6.07) is 7.68. The molecule has 1 heterocycles. The number of rotatable bonds is 6. The van der Waals surface area contributed by atoms with E-state index >= 15 is 0 Å². The molecule has 0 saturated carbocycles. The maximum atomic E-state index is 12.1. The van der Waals surface area contributed by atoms with Crippen molar-refractivity contribution in [2.75, 3.05) is 38.0 Å². The Morgan fingerprint density at radius 3 is 2.86 bits per heavy atom. The Kier molecular flexibility index (Phi) is 6.67. The van der Waals surface area contributed by atoms with Gasteiger partial charge in [-0.1, -0.05) is 22.9 Å². The van der Waals surface area contributed by atoms with Crippen molar-refractivity contribution in [3.05, 3.63) is 28.7 Å². The van der Waals surface area contributed by atoms with Crippen molar-refractivity contribution >= 4 is 27.5 Å². The zero-order chi connectivity index (χ0) is 15.1. The second-order valence-electron chi connectivity index (χ2n) is 5.61. The highest BCUT2D eigenvalue weighted by molar-refractivity contribution is 9.10. The molecule has 1 aromatic rings. The normalized spacial score (nSPS) is 19.4. The number of halogens is 1. The molecule has 0 radical (unpaired) electrons. The molecule has 1 unspecified atom stereocenters. The molecule has 1 aliphatic heterocycles. The largest absolute Gasteiger partial charge is 0.325 e. The number of benzene rings is 1. The van der Waals surface area contributed by atoms with E-state index in [1.807, 2.05) is 24.3 Å². The number of nitrogens with zero attached hydrogens (tertiary/aromatic N) is 1. The summed E-state index contributed by atoms with van der Waals surface area (Å²) in [5.41, 5.74) is 0.851. The molecule has 1 saturated heterocycles. The maximum absolute atomic E-state index is 12.1. The van der Waals surface area contributed by atoms with Gasteiger partial charge in [-0.3, -0.25) is 9.69 Å². The Morgan fingerprint density at radius 1 is 1.38 bits per heavy atom. The van der Waals surface area contributed by atoms with E-state index in [1.165, 1.54) is 12.8 Å². The van der Waals surface area contributed by atoms with Gasteiger partial charge in [0.05, 0.1) is 6.54 Å². The van der Waals surface area contributed by atoms with Crippen LogP contribution in [0.5, 0.6) is 0 Å². The summed E-state index contributed by atoms with van der Waals surface area (Å²) >= 11 is 3.39. The number of amides is 1. The van der Waals surface area contributed by atoms with Gasteiger partial charge in [-0.25, -0.2) is 0 Å². The molecule has 0 aliphatic carbocycles. The van der Waals surface area contributed by atoms with Crippen molar-refractivity contribution in [2.24, 2.45) is 5.92 Å². The van der Waals surface area contributed by atoms with Crippen molar-refractivity contribution < 1.29 is 4.79 Å². The van der Waals surface area contributed by atoms with Crippen molar-refractivity contribution in [1.29, 1.82) is 0 Å². The van der Waals surface area contributed by atoms with Gasteiger partial charge >= 0.3 is 0 Å². The molecule has 21 heavy (non-hydrogen) atoms. The minimum atomic E-state index is 0.0708. The van der Waals surface area contributed by atoms with Crippen LogP contribution >= 0.6 is 15.9 Å². The summed E-state index contributed by atoms with van der Waals surface area (Å²) in [5.74, 6) is 0.737. The lowest BCUT2D eigenvalue weighted by Gasteiger charge is -2.32. The van der Waals surface area contributed by atoms with Crippen LogP contribution in [-0.4, -0.2) is 43.5 Å². The van der Waals surface area contributed by atoms with Crippen LogP contribution in [0.15, 0.2) is 28.7 Å². The maximum Gasteiger partial charge on any atom is 0.238 e. The predicted molar refractivity (Wildman–Crippen MR) is 90.5 cm³/mol. The van der Waals surface area contributed by atoms with Crippen molar-refractivity contribution in [3.63, 3.8) is 0 Å². The molecule has 0 aromatic heterocycles. The van der Waals surface area contributed by atoms with Crippen LogP contribution in [-0.2, 0) is 4.79 Å². The average Bonchev–Trinajstić information content (AvgIpc) is 2.48. The molecular weight excluding hydrogens is 330 g/mol.